The first-order valence-electron chi connectivity index (χ1n) is 11.1. The van der Waals surface area contributed by atoms with E-state index in [0.29, 0.717) is 32.5 Å². The molecule has 1 N–H and O–H groups in total. The van der Waals surface area contributed by atoms with Gasteiger partial charge in [0.15, 0.2) is 6.61 Å². The van der Waals surface area contributed by atoms with E-state index in [9.17, 15) is 18.0 Å². The Balaban J connectivity index is 1.55. The molecule has 0 aliphatic carbocycles. The average molecular weight is 509 g/mol. The van der Waals surface area contributed by atoms with Crippen LogP contribution in [0.3, 0.4) is 0 Å². The number of likely N-dealkylation sites (tertiary alicyclic amines) is 1. The van der Waals surface area contributed by atoms with Crippen LogP contribution in [0.5, 0.6) is 5.75 Å². The third kappa shape index (κ3) is 6.71. The van der Waals surface area contributed by atoms with E-state index in [1.54, 1.807) is 18.7 Å². The van der Waals surface area contributed by atoms with Gasteiger partial charge in [0.2, 0.25) is 10.0 Å². The maximum Gasteiger partial charge on any atom is 0.309 e. The number of benzene rings is 2. The molecule has 1 heterocycles. The fourth-order valence-corrected chi connectivity index (χ4v) is 5.29. The minimum absolute atomic E-state index is 0.00000433. The molecule has 3 rings (SSSR count). The van der Waals surface area contributed by atoms with Gasteiger partial charge in [-0.25, -0.2) is 13.1 Å². The summed E-state index contributed by atoms with van der Waals surface area (Å²) in [4.78, 5) is 26.0. The lowest BCUT2D eigenvalue weighted by Gasteiger charge is -2.30. The molecule has 184 valence electrons. The van der Waals surface area contributed by atoms with Crippen LogP contribution in [0.2, 0.25) is 5.02 Å². The summed E-state index contributed by atoms with van der Waals surface area (Å²) in [7, 11) is -3.81. The van der Waals surface area contributed by atoms with Gasteiger partial charge in [0.1, 0.15) is 5.75 Å². The fourth-order valence-electron chi connectivity index (χ4n) is 3.73. The van der Waals surface area contributed by atoms with Gasteiger partial charge in [-0.1, -0.05) is 41.9 Å². The van der Waals surface area contributed by atoms with Crippen LogP contribution in [0.1, 0.15) is 38.3 Å². The van der Waals surface area contributed by atoms with Crippen molar-refractivity contribution < 1.29 is 27.5 Å². The maximum atomic E-state index is 12.8. The van der Waals surface area contributed by atoms with Gasteiger partial charge in [-0.15, -0.1) is 0 Å². The summed E-state index contributed by atoms with van der Waals surface area (Å²) in [6.45, 7) is 4.52. The molecule has 34 heavy (non-hydrogen) atoms. The van der Waals surface area contributed by atoms with E-state index in [1.165, 1.54) is 18.2 Å². The second-order valence-electron chi connectivity index (χ2n) is 8.04. The van der Waals surface area contributed by atoms with Crippen molar-refractivity contribution in [2.45, 2.75) is 37.6 Å². The summed E-state index contributed by atoms with van der Waals surface area (Å²) < 4.78 is 38.7. The second-order valence-corrected chi connectivity index (χ2v) is 10.2. The topological polar surface area (TPSA) is 102 Å². The molecule has 8 nitrogen and oxygen atoms in total. The van der Waals surface area contributed by atoms with Crippen molar-refractivity contribution >= 4 is 33.5 Å². The van der Waals surface area contributed by atoms with Crippen LogP contribution >= 0.6 is 11.6 Å². The normalized spacial score (nSPS) is 15.6. The van der Waals surface area contributed by atoms with E-state index < -0.39 is 16.1 Å². The number of sulfonamides is 1. The molecule has 10 heteroatoms. The van der Waals surface area contributed by atoms with E-state index in [2.05, 4.69) is 4.72 Å². The van der Waals surface area contributed by atoms with Crippen LogP contribution in [-0.4, -0.2) is 51.5 Å². The largest absolute Gasteiger partial charge is 0.482 e. The molecule has 1 atom stereocenters. The zero-order valence-electron chi connectivity index (χ0n) is 19.2. The number of carbonyl (C=O) groups is 2. The molecule has 0 spiro atoms. The Kier molecular flexibility index (Phi) is 8.93. The van der Waals surface area contributed by atoms with Crippen molar-refractivity contribution in [3.05, 3.63) is 59.1 Å². The summed E-state index contributed by atoms with van der Waals surface area (Å²) in [5.74, 6) is -0.424. The van der Waals surface area contributed by atoms with Crippen molar-refractivity contribution in [2.75, 3.05) is 26.3 Å². The molecule has 2 aromatic carbocycles. The lowest BCUT2D eigenvalue weighted by molar-refractivity contribution is -0.151. The molecule has 2 aromatic rings. The molecule has 0 radical (unpaired) electrons. The fraction of sp³-hybridized carbons (Fsp3) is 0.417. The van der Waals surface area contributed by atoms with Gasteiger partial charge in [0.25, 0.3) is 5.91 Å². The SMILES string of the molecule is CCOC(=O)C1CCN(C(=O)COc2ccc(S(=O)(=O)N[C@@H](C)c3ccccc3)cc2Cl)CC1. The molecule has 0 aromatic heterocycles. The van der Waals surface area contributed by atoms with Crippen LogP contribution < -0.4 is 9.46 Å². The number of piperidine rings is 1. The van der Waals surface area contributed by atoms with Gasteiger partial charge in [0, 0.05) is 19.1 Å². The lowest BCUT2D eigenvalue weighted by Crippen LogP contribution is -2.42. The van der Waals surface area contributed by atoms with Crippen LogP contribution in [0.15, 0.2) is 53.4 Å². The van der Waals surface area contributed by atoms with Crippen LogP contribution in [0, 0.1) is 5.92 Å². The highest BCUT2D eigenvalue weighted by Gasteiger charge is 2.28. The Morgan fingerprint density at radius 2 is 1.82 bits per heavy atom. The zero-order chi connectivity index (χ0) is 24.7. The number of hydrogen-bond donors (Lipinski definition) is 1. The Labute approximate surface area is 205 Å². The predicted molar refractivity (Wildman–Crippen MR) is 128 cm³/mol. The number of esters is 1. The molecule has 1 amide bonds. The monoisotopic (exact) mass is 508 g/mol. The summed E-state index contributed by atoms with van der Waals surface area (Å²) in [6, 6.07) is 12.9. The van der Waals surface area contributed by atoms with Gasteiger partial charge in [0.05, 0.1) is 22.4 Å². The van der Waals surface area contributed by atoms with Crippen molar-refractivity contribution in [1.29, 1.82) is 0 Å². The van der Waals surface area contributed by atoms with Gasteiger partial charge < -0.3 is 14.4 Å². The van der Waals surface area contributed by atoms with Crippen LogP contribution in [-0.2, 0) is 24.3 Å². The highest BCUT2D eigenvalue weighted by atomic mass is 35.5. The number of halogens is 1. The predicted octanol–water partition coefficient (Wildman–Crippen LogP) is 3.56. The van der Waals surface area contributed by atoms with Gasteiger partial charge >= 0.3 is 5.97 Å². The van der Waals surface area contributed by atoms with Crippen molar-refractivity contribution in [2.24, 2.45) is 5.92 Å². The average Bonchev–Trinajstić information content (AvgIpc) is 2.83. The number of rotatable bonds is 9. The Morgan fingerprint density at radius 1 is 1.15 bits per heavy atom. The van der Waals surface area contributed by atoms with E-state index in [0.717, 1.165) is 5.56 Å². The molecule has 1 aliphatic rings. The zero-order valence-corrected chi connectivity index (χ0v) is 20.8. The van der Waals surface area contributed by atoms with Crippen molar-refractivity contribution in [3.8, 4) is 5.75 Å². The molecule has 0 bridgehead atoms. The summed E-state index contributed by atoms with van der Waals surface area (Å²) in [6.07, 6.45) is 1.10. The first-order valence-corrected chi connectivity index (χ1v) is 13.0. The summed E-state index contributed by atoms with van der Waals surface area (Å²) >= 11 is 6.25. The minimum Gasteiger partial charge on any atom is -0.482 e. The minimum atomic E-state index is -3.81. The third-order valence-electron chi connectivity index (χ3n) is 5.66. The molecule has 1 saturated heterocycles. The maximum absolute atomic E-state index is 12.8. The van der Waals surface area contributed by atoms with Crippen molar-refractivity contribution in [3.63, 3.8) is 0 Å². The Bertz CT molecular complexity index is 1100. The van der Waals surface area contributed by atoms with Crippen LogP contribution in [0.25, 0.3) is 0 Å². The van der Waals surface area contributed by atoms with Gasteiger partial charge in [-0.2, -0.15) is 0 Å². The molecule has 1 fully saturated rings. The number of hydrogen-bond acceptors (Lipinski definition) is 6. The number of nitrogens with one attached hydrogen (secondary N) is 1. The standard InChI is InChI=1S/C24H29ClN2O6S/c1-3-32-24(29)19-11-13-27(14-12-19)23(28)16-33-22-10-9-20(15-21(22)25)34(30,31)26-17(2)18-7-5-4-6-8-18/h4-10,15,17,19,26H,3,11-14,16H2,1-2H3/t17-/m0/s1. The first-order chi connectivity index (χ1) is 16.2. The summed E-state index contributed by atoms with van der Waals surface area (Å²) in [5, 5.41) is 0.0871. The molecular formula is C24H29ClN2O6S. The van der Waals surface area contributed by atoms with E-state index in [1.807, 2.05) is 30.3 Å². The summed E-state index contributed by atoms with van der Waals surface area (Å²) in [5.41, 5.74) is 0.835. The smallest absolute Gasteiger partial charge is 0.309 e. The third-order valence-corrected chi connectivity index (χ3v) is 7.50. The molecular weight excluding hydrogens is 480 g/mol. The number of nitrogens with zero attached hydrogens (tertiary/aromatic N) is 1. The number of amides is 1. The Hall–Kier alpha value is -2.62. The highest BCUT2D eigenvalue weighted by molar-refractivity contribution is 7.89. The molecule has 0 unspecified atom stereocenters. The quantitative estimate of drug-likeness (QED) is 0.520. The van der Waals surface area contributed by atoms with E-state index >= 15 is 0 Å². The first kappa shape index (κ1) is 26.0. The van der Waals surface area contributed by atoms with Gasteiger partial charge in [-0.3, -0.25) is 9.59 Å². The van der Waals surface area contributed by atoms with Gasteiger partial charge in [-0.05, 0) is 50.5 Å². The van der Waals surface area contributed by atoms with E-state index in [4.69, 9.17) is 21.1 Å². The van der Waals surface area contributed by atoms with Crippen LogP contribution in [0.4, 0.5) is 0 Å². The number of ether oxygens (including phenoxy) is 2. The lowest BCUT2D eigenvalue weighted by atomic mass is 9.97. The molecule has 0 saturated carbocycles. The molecule has 1 aliphatic heterocycles. The number of carbonyl (C=O) groups excluding carboxylic acids is 2. The highest BCUT2D eigenvalue weighted by Crippen LogP contribution is 2.28. The second kappa shape index (κ2) is 11.7. The van der Waals surface area contributed by atoms with Crippen molar-refractivity contribution in [1.82, 2.24) is 9.62 Å². The van der Waals surface area contributed by atoms with E-state index in [-0.39, 0.29) is 40.1 Å². The Morgan fingerprint density at radius 3 is 2.44 bits per heavy atom.